The van der Waals surface area contributed by atoms with Gasteiger partial charge in [-0.1, -0.05) is 94.9 Å². The van der Waals surface area contributed by atoms with Crippen LogP contribution in [0.2, 0.25) is 0 Å². The Morgan fingerprint density at radius 2 is 1.62 bits per heavy atom. The fraction of sp³-hybridized carbons (Fsp3) is 0.968. The largest absolute Gasteiger partial charge is 0.299 e. The molecule has 0 heterocycles. The van der Waals surface area contributed by atoms with E-state index in [0.29, 0.717) is 34.4 Å². The van der Waals surface area contributed by atoms with Crippen molar-refractivity contribution in [2.75, 3.05) is 0 Å². The molecule has 8 unspecified atom stereocenters. The van der Waals surface area contributed by atoms with Crippen LogP contribution in [0.25, 0.3) is 0 Å². The van der Waals surface area contributed by atoms with Crippen molar-refractivity contribution >= 4 is 5.78 Å². The van der Waals surface area contributed by atoms with Gasteiger partial charge in [0.15, 0.2) is 0 Å². The molecule has 1 nitrogen and oxygen atoms in total. The minimum absolute atomic E-state index is 0. The summed E-state index contributed by atoms with van der Waals surface area (Å²) in [6, 6.07) is 0. The molecular weight excluding hydrogens is 388 g/mol. The molecule has 0 aromatic carbocycles. The van der Waals surface area contributed by atoms with Gasteiger partial charge in [-0.3, -0.25) is 4.79 Å². The molecule has 0 bridgehead atoms. The van der Waals surface area contributed by atoms with Crippen molar-refractivity contribution < 1.29 is 6.22 Å². The number of hydrogen-bond acceptors (Lipinski definition) is 1. The Morgan fingerprint density at radius 3 is 2.25 bits per heavy atom. The first-order chi connectivity index (χ1) is 15.2. The van der Waals surface area contributed by atoms with Gasteiger partial charge in [-0.05, 0) is 84.4 Å². The molecule has 4 aliphatic carbocycles. The van der Waals surface area contributed by atoms with E-state index in [1.54, 1.807) is 0 Å². The van der Waals surface area contributed by atoms with E-state index in [0.717, 1.165) is 24.2 Å². The Balaban J connectivity index is 0.00000103. The normalized spacial score (nSPS) is 46.2. The maximum atomic E-state index is 13.7. The van der Waals surface area contributed by atoms with Crippen LogP contribution >= 0.6 is 0 Å². The molecule has 0 N–H and O–H groups in total. The molecule has 32 heavy (non-hydrogen) atoms. The van der Waals surface area contributed by atoms with Gasteiger partial charge in [-0.2, -0.15) is 0 Å². The Kier molecular flexibility index (Phi) is 9.55. The third-order valence-corrected chi connectivity index (χ3v) is 11.1. The van der Waals surface area contributed by atoms with E-state index in [9.17, 15) is 4.79 Å². The predicted molar refractivity (Wildman–Crippen MR) is 143 cm³/mol. The Labute approximate surface area is 203 Å². The predicted octanol–water partition coefficient (Wildman–Crippen LogP) is 9.98. The van der Waals surface area contributed by atoms with Gasteiger partial charge >= 0.3 is 0 Å². The lowest BCUT2D eigenvalue weighted by Gasteiger charge is -2.66. The zero-order valence-corrected chi connectivity index (χ0v) is 23.7. The average molecular weight is 449 g/mol. The quantitative estimate of drug-likeness (QED) is 0.419. The summed E-state index contributed by atoms with van der Waals surface area (Å²) < 4.78 is 0. The van der Waals surface area contributed by atoms with Gasteiger partial charge in [0, 0.05) is 13.8 Å². The zero-order chi connectivity index (χ0) is 24.3. The highest BCUT2D eigenvalue weighted by Crippen LogP contribution is 2.70. The Hall–Kier alpha value is -0.330. The van der Waals surface area contributed by atoms with Crippen molar-refractivity contribution in [3.05, 3.63) is 0 Å². The lowest BCUT2D eigenvalue weighted by Crippen LogP contribution is -2.62. The van der Waals surface area contributed by atoms with Crippen molar-refractivity contribution in [1.82, 2.24) is 0 Å². The number of rotatable bonds is 3. The lowest BCUT2D eigenvalue weighted by molar-refractivity contribution is -0.188. The molecule has 0 amide bonds. The number of hydrogen-bond donors (Lipinski definition) is 0. The highest BCUT2D eigenvalue weighted by molar-refractivity contribution is 5.84. The van der Waals surface area contributed by atoms with E-state index in [4.69, 9.17) is 0 Å². The standard InChI is InChI=1S/C27H46O.2C2H6.H2/c1-7-9-19(3)20-10-8-11-21-24-22(13-14-26(20,21)5)27(6)15-12-18(2)16-25(27,4)17-23(24)28;2*1-2;/h18-22,24H,7-17H2,1-6H3;2*1-2H3;1H/t18-,19?,20?,21?,22?,24?,25?,26?,27?;;;/m0.../s1. The molecule has 0 spiro atoms. The van der Waals surface area contributed by atoms with Crippen molar-refractivity contribution in [3.8, 4) is 0 Å². The maximum Gasteiger partial charge on any atom is 0.137 e. The Bertz CT molecular complexity index is 616. The van der Waals surface area contributed by atoms with Crippen LogP contribution in [0, 0.1) is 51.8 Å². The SMILES string of the molecule is CC.CC.CCCC(C)C1CCCC2C3C(=O)CC4(C)C[C@@H](C)CCC4(C)C3CCC12C.[HH]. The van der Waals surface area contributed by atoms with Crippen LogP contribution in [-0.2, 0) is 4.79 Å². The van der Waals surface area contributed by atoms with Crippen molar-refractivity contribution in [2.24, 2.45) is 51.8 Å². The fourth-order valence-electron chi connectivity index (χ4n) is 9.50. The minimum atomic E-state index is 0. The van der Waals surface area contributed by atoms with Crippen LogP contribution in [0.1, 0.15) is 141 Å². The van der Waals surface area contributed by atoms with Gasteiger partial charge < -0.3 is 0 Å². The number of carbonyl (C=O) groups excluding carboxylic acids is 1. The van der Waals surface area contributed by atoms with Crippen LogP contribution in [0.3, 0.4) is 0 Å². The summed E-state index contributed by atoms with van der Waals surface area (Å²) in [4.78, 5) is 13.7. The summed E-state index contributed by atoms with van der Waals surface area (Å²) in [5.74, 6) is 4.82. The first-order valence-electron chi connectivity index (χ1n) is 14.7. The van der Waals surface area contributed by atoms with Crippen LogP contribution in [-0.4, -0.2) is 5.78 Å². The molecule has 4 rings (SSSR count). The number of Topliss-reactive ketones (excluding diaryl/α,β-unsaturated/α-hetero) is 1. The Morgan fingerprint density at radius 1 is 0.969 bits per heavy atom. The lowest BCUT2D eigenvalue weighted by atomic mass is 9.37. The smallest absolute Gasteiger partial charge is 0.137 e. The van der Waals surface area contributed by atoms with E-state index in [2.05, 4.69) is 41.5 Å². The third kappa shape index (κ3) is 4.49. The number of ketones is 1. The first-order valence-corrected chi connectivity index (χ1v) is 14.7. The van der Waals surface area contributed by atoms with Crippen LogP contribution in [0.15, 0.2) is 0 Å². The van der Waals surface area contributed by atoms with Gasteiger partial charge in [0.1, 0.15) is 5.78 Å². The second-order valence-electron chi connectivity index (χ2n) is 12.6. The summed E-state index contributed by atoms with van der Waals surface area (Å²) in [5.41, 5.74) is 1.05. The highest BCUT2D eigenvalue weighted by Gasteiger charge is 2.65. The highest BCUT2D eigenvalue weighted by atomic mass is 16.1. The summed E-state index contributed by atoms with van der Waals surface area (Å²) in [7, 11) is 0. The number of carbonyl (C=O) groups is 1. The van der Waals surface area contributed by atoms with Crippen LogP contribution in [0.5, 0.6) is 0 Å². The molecular formula is C31H60O. The summed E-state index contributed by atoms with van der Waals surface area (Å²) in [6.45, 7) is 23.0. The first kappa shape index (κ1) is 27.9. The van der Waals surface area contributed by atoms with E-state index in [1.165, 1.54) is 64.2 Å². The van der Waals surface area contributed by atoms with Crippen LogP contribution in [0.4, 0.5) is 0 Å². The molecule has 9 atom stereocenters. The van der Waals surface area contributed by atoms with Crippen LogP contribution < -0.4 is 0 Å². The van der Waals surface area contributed by atoms with Crippen molar-refractivity contribution in [3.63, 3.8) is 0 Å². The molecule has 0 aromatic rings. The summed E-state index contributed by atoms with van der Waals surface area (Å²) in [5, 5.41) is 0. The summed E-state index contributed by atoms with van der Waals surface area (Å²) in [6.07, 6.45) is 14.3. The van der Waals surface area contributed by atoms with Gasteiger partial charge in [0.25, 0.3) is 0 Å². The fourth-order valence-corrected chi connectivity index (χ4v) is 9.50. The van der Waals surface area contributed by atoms with Gasteiger partial charge in [0.05, 0.1) is 0 Å². The topological polar surface area (TPSA) is 17.1 Å². The zero-order valence-electron chi connectivity index (χ0n) is 23.7. The van der Waals surface area contributed by atoms with E-state index in [1.807, 2.05) is 27.7 Å². The average Bonchev–Trinajstić information content (AvgIpc) is 2.77. The second-order valence-corrected chi connectivity index (χ2v) is 12.6. The monoisotopic (exact) mass is 448 g/mol. The maximum absolute atomic E-state index is 13.7. The molecule has 0 aliphatic heterocycles. The molecule has 4 saturated carbocycles. The van der Waals surface area contributed by atoms with E-state index >= 15 is 0 Å². The molecule has 4 aliphatic rings. The molecule has 190 valence electrons. The number of fused-ring (bicyclic) bond motifs is 5. The third-order valence-electron chi connectivity index (χ3n) is 11.1. The van der Waals surface area contributed by atoms with E-state index < -0.39 is 0 Å². The molecule has 1 heteroatoms. The molecule has 0 saturated heterocycles. The van der Waals surface area contributed by atoms with Crippen molar-refractivity contribution in [2.45, 2.75) is 140 Å². The molecule has 0 aromatic heterocycles. The molecule has 4 fully saturated rings. The molecule has 0 radical (unpaired) electrons. The summed E-state index contributed by atoms with van der Waals surface area (Å²) >= 11 is 0. The van der Waals surface area contributed by atoms with Gasteiger partial charge in [0.2, 0.25) is 0 Å². The van der Waals surface area contributed by atoms with Crippen molar-refractivity contribution in [1.29, 1.82) is 0 Å². The minimum Gasteiger partial charge on any atom is -0.299 e. The van der Waals surface area contributed by atoms with E-state index in [-0.39, 0.29) is 6.84 Å². The van der Waals surface area contributed by atoms with Gasteiger partial charge in [-0.25, -0.2) is 0 Å². The second kappa shape index (κ2) is 10.9. The van der Waals surface area contributed by atoms with Gasteiger partial charge in [-0.15, -0.1) is 0 Å².